The summed E-state index contributed by atoms with van der Waals surface area (Å²) in [5, 5.41) is 0. The Morgan fingerprint density at radius 3 is 2.44 bits per heavy atom. The highest BCUT2D eigenvalue weighted by Crippen LogP contribution is 2.41. The Hall–Kier alpha value is -2.24. The highest BCUT2D eigenvalue weighted by molar-refractivity contribution is 7.89. The zero-order valence-corrected chi connectivity index (χ0v) is 16.1. The van der Waals surface area contributed by atoms with E-state index in [1.807, 2.05) is 43.3 Å². The number of Topliss-reactive ketones (excluding diaryl/α,β-unsaturated/α-hetero) is 1. The van der Waals surface area contributed by atoms with Gasteiger partial charge >= 0.3 is 0 Å². The summed E-state index contributed by atoms with van der Waals surface area (Å²) in [5.41, 5.74) is 1.67. The predicted octanol–water partition coefficient (Wildman–Crippen LogP) is 3.83. The van der Waals surface area contributed by atoms with Crippen molar-refractivity contribution < 1.29 is 13.2 Å². The van der Waals surface area contributed by atoms with E-state index in [1.165, 1.54) is 0 Å². The van der Waals surface area contributed by atoms with E-state index in [0.717, 1.165) is 18.4 Å². The van der Waals surface area contributed by atoms with Gasteiger partial charge in [0.05, 0.1) is 4.90 Å². The lowest BCUT2D eigenvalue weighted by atomic mass is 9.81. The van der Waals surface area contributed by atoms with Gasteiger partial charge in [0.15, 0.2) is 5.78 Å². The zero-order chi connectivity index (χ0) is 19.0. The van der Waals surface area contributed by atoms with Gasteiger partial charge in [-0.15, -0.1) is 0 Å². The van der Waals surface area contributed by atoms with Crippen molar-refractivity contribution in [3.63, 3.8) is 0 Å². The molecular formula is C22H23NO3S. The van der Waals surface area contributed by atoms with Crippen LogP contribution in [0.25, 0.3) is 0 Å². The van der Waals surface area contributed by atoms with Crippen LogP contribution in [-0.2, 0) is 10.0 Å². The molecule has 3 unspecified atom stereocenters. The van der Waals surface area contributed by atoms with Crippen molar-refractivity contribution in [1.82, 2.24) is 4.31 Å². The second-order valence-corrected chi connectivity index (χ2v) is 9.27. The van der Waals surface area contributed by atoms with E-state index in [2.05, 4.69) is 6.08 Å². The quantitative estimate of drug-likeness (QED) is 0.597. The molecule has 5 heteroatoms. The molecule has 2 aromatic carbocycles. The van der Waals surface area contributed by atoms with Crippen molar-refractivity contribution in [1.29, 1.82) is 0 Å². The number of rotatable bonds is 4. The maximum atomic E-state index is 13.3. The van der Waals surface area contributed by atoms with Crippen molar-refractivity contribution >= 4 is 15.8 Å². The first-order chi connectivity index (χ1) is 13.0. The van der Waals surface area contributed by atoms with Gasteiger partial charge < -0.3 is 0 Å². The number of fused-ring (bicyclic) bond motifs is 1. The molecule has 2 aromatic rings. The molecule has 0 radical (unpaired) electrons. The molecule has 1 saturated heterocycles. The smallest absolute Gasteiger partial charge is 0.243 e. The third-order valence-corrected chi connectivity index (χ3v) is 7.57. The first-order valence-corrected chi connectivity index (χ1v) is 10.8. The second-order valence-electron chi connectivity index (χ2n) is 7.37. The van der Waals surface area contributed by atoms with E-state index >= 15 is 0 Å². The Morgan fingerprint density at radius 1 is 1.04 bits per heavy atom. The monoisotopic (exact) mass is 381 g/mol. The summed E-state index contributed by atoms with van der Waals surface area (Å²) in [4.78, 5) is 13.4. The highest BCUT2D eigenvalue weighted by Gasteiger charge is 2.49. The third kappa shape index (κ3) is 3.26. The lowest BCUT2D eigenvalue weighted by molar-refractivity contribution is 0.0908. The fraction of sp³-hybridized carbons (Fsp3) is 0.318. The Morgan fingerprint density at radius 2 is 1.74 bits per heavy atom. The van der Waals surface area contributed by atoms with Crippen molar-refractivity contribution in [3.05, 3.63) is 77.9 Å². The first-order valence-electron chi connectivity index (χ1n) is 9.33. The van der Waals surface area contributed by atoms with Crippen LogP contribution in [0.5, 0.6) is 0 Å². The minimum absolute atomic E-state index is 0.0266. The van der Waals surface area contributed by atoms with Gasteiger partial charge in [-0.3, -0.25) is 4.79 Å². The Kier molecular flexibility index (Phi) is 4.74. The number of ketones is 1. The Balaban J connectivity index is 1.69. The molecule has 140 valence electrons. The topological polar surface area (TPSA) is 54.5 Å². The maximum absolute atomic E-state index is 13.3. The summed E-state index contributed by atoms with van der Waals surface area (Å²) in [7, 11) is -3.63. The van der Waals surface area contributed by atoms with E-state index in [-0.39, 0.29) is 30.2 Å². The molecule has 2 aliphatic rings. The minimum atomic E-state index is -3.63. The number of hydrogen-bond acceptors (Lipinski definition) is 3. The number of allylic oxidation sites excluding steroid dienone is 1. The van der Waals surface area contributed by atoms with Crippen LogP contribution in [0.15, 0.2) is 71.6 Å². The fourth-order valence-corrected chi connectivity index (χ4v) is 5.94. The van der Waals surface area contributed by atoms with Gasteiger partial charge in [0.25, 0.3) is 0 Å². The summed E-state index contributed by atoms with van der Waals surface area (Å²) >= 11 is 0. The van der Waals surface area contributed by atoms with Crippen molar-refractivity contribution in [2.24, 2.45) is 11.8 Å². The molecule has 0 N–H and O–H groups in total. The molecule has 1 aliphatic heterocycles. The number of sulfonamides is 1. The van der Waals surface area contributed by atoms with E-state index in [0.29, 0.717) is 10.5 Å². The fourth-order valence-electron chi connectivity index (χ4n) is 4.23. The SMILES string of the molecule is Cc1ccc(S(=O)(=O)N2CC(C(=O)c3ccccc3)C3C=CCCC32)cc1. The molecule has 0 amide bonds. The normalized spacial score (nSPS) is 25.3. The number of carbonyl (C=O) groups is 1. The molecule has 1 fully saturated rings. The predicted molar refractivity (Wildman–Crippen MR) is 105 cm³/mol. The number of carbonyl (C=O) groups excluding carboxylic acids is 1. The van der Waals surface area contributed by atoms with Crippen LogP contribution in [-0.4, -0.2) is 31.1 Å². The van der Waals surface area contributed by atoms with Crippen molar-refractivity contribution in [2.75, 3.05) is 6.54 Å². The molecule has 3 atom stereocenters. The van der Waals surface area contributed by atoms with Gasteiger partial charge in [0.2, 0.25) is 10.0 Å². The number of nitrogens with zero attached hydrogens (tertiary/aromatic N) is 1. The van der Waals surface area contributed by atoms with Gasteiger partial charge in [0.1, 0.15) is 0 Å². The molecule has 0 bridgehead atoms. The van der Waals surface area contributed by atoms with Crippen LogP contribution in [0.2, 0.25) is 0 Å². The van der Waals surface area contributed by atoms with Gasteiger partial charge in [-0.1, -0.05) is 60.2 Å². The largest absolute Gasteiger partial charge is 0.294 e. The second kappa shape index (κ2) is 7.06. The molecule has 0 aromatic heterocycles. The third-order valence-electron chi connectivity index (χ3n) is 5.67. The van der Waals surface area contributed by atoms with Crippen LogP contribution in [0.4, 0.5) is 0 Å². The summed E-state index contributed by atoms with van der Waals surface area (Å²) in [6, 6.07) is 16.0. The molecule has 4 nitrogen and oxygen atoms in total. The average Bonchev–Trinajstić information content (AvgIpc) is 3.09. The van der Waals surface area contributed by atoms with Gasteiger partial charge in [0, 0.05) is 30.0 Å². The molecule has 1 aliphatic carbocycles. The number of aryl methyl sites for hydroxylation is 1. The molecule has 0 spiro atoms. The minimum Gasteiger partial charge on any atom is -0.294 e. The molecule has 1 heterocycles. The standard InChI is InChI=1S/C22H23NO3S/c1-16-11-13-18(14-12-16)27(25,26)23-15-20(19-9-5-6-10-21(19)23)22(24)17-7-3-2-4-8-17/h2-5,7-9,11-14,19-21H,6,10,15H2,1H3. The molecular weight excluding hydrogens is 358 g/mol. The summed E-state index contributed by atoms with van der Waals surface area (Å²) in [6.45, 7) is 2.17. The Labute approximate surface area is 160 Å². The zero-order valence-electron chi connectivity index (χ0n) is 15.3. The average molecular weight is 381 g/mol. The summed E-state index contributed by atoms with van der Waals surface area (Å²) in [6.07, 6.45) is 5.72. The van der Waals surface area contributed by atoms with E-state index in [9.17, 15) is 13.2 Å². The van der Waals surface area contributed by atoms with Gasteiger partial charge in [-0.25, -0.2) is 8.42 Å². The van der Waals surface area contributed by atoms with Crippen molar-refractivity contribution in [2.45, 2.75) is 30.7 Å². The van der Waals surface area contributed by atoms with Crippen LogP contribution >= 0.6 is 0 Å². The van der Waals surface area contributed by atoms with E-state index in [4.69, 9.17) is 0 Å². The lowest BCUT2D eigenvalue weighted by Crippen LogP contribution is -2.38. The molecule has 27 heavy (non-hydrogen) atoms. The van der Waals surface area contributed by atoms with Crippen LogP contribution in [0.3, 0.4) is 0 Å². The maximum Gasteiger partial charge on any atom is 0.243 e. The molecule has 0 saturated carbocycles. The van der Waals surface area contributed by atoms with Crippen LogP contribution in [0, 0.1) is 18.8 Å². The number of hydrogen-bond donors (Lipinski definition) is 0. The van der Waals surface area contributed by atoms with E-state index in [1.54, 1.807) is 28.6 Å². The van der Waals surface area contributed by atoms with Crippen LogP contribution in [0.1, 0.15) is 28.8 Å². The Bertz CT molecular complexity index is 964. The van der Waals surface area contributed by atoms with Crippen molar-refractivity contribution in [3.8, 4) is 0 Å². The lowest BCUT2D eigenvalue weighted by Gasteiger charge is -2.28. The van der Waals surface area contributed by atoms with E-state index < -0.39 is 10.0 Å². The molecule has 4 rings (SSSR count). The van der Waals surface area contributed by atoms with Gasteiger partial charge in [-0.2, -0.15) is 4.31 Å². The number of benzene rings is 2. The highest BCUT2D eigenvalue weighted by atomic mass is 32.2. The summed E-state index contributed by atoms with van der Waals surface area (Å²) in [5.74, 6) is -0.375. The summed E-state index contributed by atoms with van der Waals surface area (Å²) < 4.78 is 28.2. The first kappa shape index (κ1) is 18.1. The van der Waals surface area contributed by atoms with Gasteiger partial charge in [-0.05, 0) is 31.9 Å². The van der Waals surface area contributed by atoms with Crippen LogP contribution < -0.4 is 0 Å².